The van der Waals surface area contributed by atoms with E-state index in [-0.39, 0.29) is 23.5 Å². The Morgan fingerprint density at radius 2 is 2.07 bits per heavy atom. The maximum Gasteiger partial charge on any atom is 0.379 e. The van der Waals surface area contributed by atoms with Gasteiger partial charge in [0.05, 0.1) is 18.8 Å². The molecular formula is C19H21NO7. The van der Waals surface area contributed by atoms with Crippen LogP contribution in [0.4, 0.5) is 0 Å². The summed E-state index contributed by atoms with van der Waals surface area (Å²) in [6.07, 6.45) is 4.58. The van der Waals surface area contributed by atoms with Crippen LogP contribution in [0.1, 0.15) is 36.2 Å². The van der Waals surface area contributed by atoms with E-state index in [2.05, 4.69) is 4.98 Å². The molecule has 2 atom stereocenters. The normalized spacial score (nSPS) is 19.5. The summed E-state index contributed by atoms with van der Waals surface area (Å²) in [4.78, 5) is 28.1. The maximum atomic E-state index is 12.5. The predicted octanol–water partition coefficient (Wildman–Crippen LogP) is 2.75. The molecular weight excluding hydrogens is 354 g/mol. The van der Waals surface area contributed by atoms with Gasteiger partial charge in [-0.15, -0.1) is 0 Å². The van der Waals surface area contributed by atoms with E-state index in [1.54, 1.807) is 19.2 Å². The lowest BCUT2D eigenvalue weighted by Crippen LogP contribution is -2.31. The van der Waals surface area contributed by atoms with Crippen LogP contribution in [0, 0.1) is 0 Å². The molecule has 1 saturated carbocycles. The van der Waals surface area contributed by atoms with Crippen LogP contribution in [0.2, 0.25) is 0 Å². The number of aromatic nitrogens is 1. The van der Waals surface area contributed by atoms with Gasteiger partial charge in [0.2, 0.25) is 11.5 Å². The fourth-order valence-corrected chi connectivity index (χ4v) is 3.22. The van der Waals surface area contributed by atoms with Crippen LogP contribution in [-0.2, 0) is 4.74 Å². The number of carboxylic acids is 1. The minimum atomic E-state index is -1.35. The summed E-state index contributed by atoms with van der Waals surface area (Å²) in [7, 11) is 3.11. The van der Waals surface area contributed by atoms with E-state index in [1.807, 2.05) is 0 Å². The fourth-order valence-electron chi connectivity index (χ4n) is 3.22. The van der Waals surface area contributed by atoms with Crippen LogP contribution < -0.4 is 15.1 Å². The highest BCUT2D eigenvalue weighted by molar-refractivity contribution is 5.87. The molecule has 1 aliphatic carbocycles. The molecule has 0 saturated heterocycles. The standard InChI is InChI=1S/C19H21NO7/c1-24-11-5-3-6-12(9-11)26-17-13(10-15(18(21)22)27-19(17)23)16-14(25-2)7-4-8-20-16/h4,7-8,10-12H,3,5-6,9H2,1-2H3,(H,21,22). The maximum absolute atomic E-state index is 12.5. The van der Waals surface area contributed by atoms with E-state index in [9.17, 15) is 14.7 Å². The van der Waals surface area contributed by atoms with Crippen molar-refractivity contribution in [3.63, 3.8) is 0 Å². The van der Waals surface area contributed by atoms with Gasteiger partial charge in [0.15, 0.2) is 0 Å². The second-order valence-corrected chi connectivity index (χ2v) is 6.26. The van der Waals surface area contributed by atoms with Crippen LogP contribution >= 0.6 is 0 Å². The Labute approximate surface area is 155 Å². The van der Waals surface area contributed by atoms with E-state index in [1.165, 1.54) is 19.4 Å². The molecule has 8 heteroatoms. The van der Waals surface area contributed by atoms with Crippen molar-refractivity contribution in [1.29, 1.82) is 0 Å². The highest BCUT2D eigenvalue weighted by atomic mass is 16.5. The molecule has 2 aromatic rings. The quantitative estimate of drug-likeness (QED) is 0.821. The van der Waals surface area contributed by atoms with Crippen molar-refractivity contribution in [1.82, 2.24) is 4.98 Å². The van der Waals surface area contributed by atoms with Crippen molar-refractivity contribution < 1.29 is 28.5 Å². The largest absolute Gasteiger partial charge is 0.494 e. The van der Waals surface area contributed by atoms with Crippen molar-refractivity contribution >= 4 is 5.97 Å². The van der Waals surface area contributed by atoms with Crippen molar-refractivity contribution in [2.45, 2.75) is 37.9 Å². The zero-order valence-corrected chi connectivity index (χ0v) is 15.1. The number of rotatable bonds is 6. The minimum absolute atomic E-state index is 0.0573. The zero-order chi connectivity index (χ0) is 19.4. The van der Waals surface area contributed by atoms with Gasteiger partial charge in [0.1, 0.15) is 17.5 Å². The van der Waals surface area contributed by atoms with Crippen molar-refractivity contribution in [2.24, 2.45) is 0 Å². The first-order valence-electron chi connectivity index (χ1n) is 8.63. The Balaban J connectivity index is 2.07. The van der Waals surface area contributed by atoms with Crippen LogP contribution in [0.25, 0.3) is 11.3 Å². The molecule has 0 aliphatic heterocycles. The molecule has 2 aromatic heterocycles. The highest BCUT2D eigenvalue weighted by Gasteiger charge is 2.28. The van der Waals surface area contributed by atoms with Gasteiger partial charge < -0.3 is 23.7 Å². The minimum Gasteiger partial charge on any atom is -0.494 e. The Morgan fingerprint density at radius 3 is 2.78 bits per heavy atom. The summed E-state index contributed by atoms with van der Waals surface area (Å²) in [6.45, 7) is 0. The van der Waals surface area contributed by atoms with Crippen LogP contribution in [0.5, 0.6) is 11.5 Å². The molecule has 0 bridgehead atoms. The summed E-state index contributed by atoms with van der Waals surface area (Å²) in [5.74, 6) is -1.53. The molecule has 0 spiro atoms. The molecule has 1 aliphatic rings. The molecule has 0 amide bonds. The summed E-state index contributed by atoms with van der Waals surface area (Å²) < 4.78 is 21.6. The predicted molar refractivity (Wildman–Crippen MR) is 95.4 cm³/mol. The first-order valence-corrected chi connectivity index (χ1v) is 8.63. The lowest BCUT2D eigenvalue weighted by atomic mass is 9.95. The summed E-state index contributed by atoms with van der Waals surface area (Å²) >= 11 is 0. The molecule has 144 valence electrons. The average Bonchev–Trinajstić information content (AvgIpc) is 2.69. The lowest BCUT2D eigenvalue weighted by molar-refractivity contribution is 0.0199. The van der Waals surface area contributed by atoms with Crippen LogP contribution in [0.3, 0.4) is 0 Å². The molecule has 0 radical (unpaired) electrons. The summed E-state index contributed by atoms with van der Waals surface area (Å²) in [6, 6.07) is 4.58. The second kappa shape index (κ2) is 8.22. The number of hydrogen-bond acceptors (Lipinski definition) is 7. The number of nitrogens with zero attached hydrogens (tertiary/aromatic N) is 1. The number of carboxylic acid groups (broad SMARTS) is 1. The topological polar surface area (TPSA) is 108 Å². The number of aromatic carboxylic acids is 1. The Hall–Kier alpha value is -2.87. The van der Waals surface area contributed by atoms with E-state index >= 15 is 0 Å². The third-order valence-electron chi connectivity index (χ3n) is 4.56. The molecule has 8 nitrogen and oxygen atoms in total. The Kier molecular flexibility index (Phi) is 5.75. The van der Waals surface area contributed by atoms with Gasteiger partial charge in [0, 0.05) is 25.8 Å². The van der Waals surface area contributed by atoms with Crippen molar-refractivity contribution in [3.8, 4) is 22.8 Å². The van der Waals surface area contributed by atoms with Crippen molar-refractivity contribution in [2.75, 3.05) is 14.2 Å². The van der Waals surface area contributed by atoms with E-state index in [4.69, 9.17) is 18.6 Å². The van der Waals surface area contributed by atoms with Crippen molar-refractivity contribution in [3.05, 3.63) is 40.6 Å². The number of methoxy groups -OCH3 is 2. The first kappa shape index (κ1) is 18.9. The zero-order valence-electron chi connectivity index (χ0n) is 15.1. The molecule has 27 heavy (non-hydrogen) atoms. The second-order valence-electron chi connectivity index (χ2n) is 6.26. The first-order chi connectivity index (χ1) is 13.0. The van der Waals surface area contributed by atoms with Crippen LogP contribution in [0.15, 0.2) is 33.6 Å². The van der Waals surface area contributed by atoms with Gasteiger partial charge in [-0.05, 0) is 31.4 Å². The third-order valence-corrected chi connectivity index (χ3v) is 4.56. The Bertz CT molecular complexity index is 877. The number of carbonyl (C=O) groups is 1. The summed E-state index contributed by atoms with van der Waals surface area (Å²) in [5.41, 5.74) is -0.331. The van der Waals surface area contributed by atoms with E-state index < -0.39 is 17.4 Å². The molecule has 2 unspecified atom stereocenters. The monoisotopic (exact) mass is 375 g/mol. The lowest BCUT2D eigenvalue weighted by Gasteiger charge is -2.28. The summed E-state index contributed by atoms with van der Waals surface area (Å²) in [5, 5.41) is 9.24. The van der Waals surface area contributed by atoms with E-state index in [0.29, 0.717) is 17.9 Å². The molecule has 3 rings (SSSR count). The van der Waals surface area contributed by atoms with Gasteiger partial charge in [-0.3, -0.25) is 4.98 Å². The number of pyridine rings is 1. The molecule has 2 heterocycles. The third kappa shape index (κ3) is 4.11. The molecule has 0 aromatic carbocycles. The Morgan fingerprint density at radius 1 is 1.30 bits per heavy atom. The molecule has 1 N–H and O–H groups in total. The van der Waals surface area contributed by atoms with Gasteiger partial charge in [-0.1, -0.05) is 0 Å². The fraction of sp³-hybridized carbons (Fsp3) is 0.421. The number of ether oxygens (including phenoxy) is 3. The van der Waals surface area contributed by atoms with Crippen LogP contribution in [-0.4, -0.2) is 42.5 Å². The SMILES string of the molecule is COc1cccnc1-c1cc(C(=O)O)oc(=O)c1OC1CCCC(OC)C1. The smallest absolute Gasteiger partial charge is 0.379 e. The number of hydrogen-bond donors (Lipinski definition) is 1. The average molecular weight is 375 g/mol. The van der Waals surface area contributed by atoms with Gasteiger partial charge >= 0.3 is 11.6 Å². The van der Waals surface area contributed by atoms with Gasteiger partial charge in [-0.2, -0.15) is 0 Å². The van der Waals surface area contributed by atoms with Gasteiger partial charge in [-0.25, -0.2) is 9.59 Å². The molecule has 1 fully saturated rings. The van der Waals surface area contributed by atoms with Gasteiger partial charge in [0.25, 0.3) is 0 Å². The highest BCUT2D eigenvalue weighted by Crippen LogP contribution is 2.35. The van der Waals surface area contributed by atoms with E-state index in [0.717, 1.165) is 19.3 Å².